The Bertz CT molecular complexity index is 757. The minimum atomic E-state index is -0.404. The van der Waals surface area contributed by atoms with Gasteiger partial charge in [0.25, 0.3) is 0 Å². The molecule has 0 aromatic heterocycles. The average Bonchev–Trinajstić information content (AvgIpc) is 3.17. The van der Waals surface area contributed by atoms with E-state index in [1.54, 1.807) is 4.90 Å². The maximum absolute atomic E-state index is 13.4. The van der Waals surface area contributed by atoms with Crippen LogP contribution in [0, 0.1) is 11.7 Å². The second-order valence-electron chi connectivity index (χ2n) is 8.37. The Kier molecular flexibility index (Phi) is 4.59. The van der Waals surface area contributed by atoms with Gasteiger partial charge in [-0.2, -0.15) is 0 Å². The van der Waals surface area contributed by atoms with Gasteiger partial charge in [-0.1, -0.05) is 12.1 Å². The normalized spacial score (nSPS) is 34.4. The van der Waals surface area contributed by atoms with Crippen LogP contribution in [-0.4, -0.2) is 84.5 Å². The fourth-order valence-corrected chi connectivity index (χ4v) is 5.68. The number of carbonyl (C=O) groups is 2. The number of rotatable bonds is 1. The van der Waals surface area contributed by atoms with Crippen LogP contribution in [0.5, 0.6) is 0 Å². The van der Waals surface area contributed by atoms with Crippen molar-refractivity contribution in [2.75, 3.05) is 45.9 Å². The highest BCUT2D eigenvalue weighted by Gasteiger charge is 2.55. The molecule has 0 aliphatic carbocycles. The largest absolute Gasteiger partial charge is 0.378 e. The van der Waals surface area contributed by atoms with Crippen LogP contribution in [0.1, 0.15) is 24.3 Å². The molecular formula is C21H26FN3O3. The number of fused-ring (bicyclic) bond motifs is 2. The van der Waals surface area contributed by atoms with E-state index in [1.807, 2.05) is 17.0 Å². The molecule has 0 spiro atoms. The summed E-state index contributed by atoms with van der Waals surface area (Å²) in [7, 11) is 0. The average molecular weight is 387 g/mol. The first kappa shape index (κ1) is 18.1. The monoisotopic (exact) mass is 387 g/mol. The molecule has 0 N–H and O–H groups in total. The Morgan fingerprint density at radius 1 is 0.929 bits per heavy atom. The molecule has 5 saturated heterocycles. The SMILES string of the molecule is O=C(C(=O)N1CC(c2ccc(F)cc2)C2C1C1CCN2CC1)N1CCOCC1. The van der Waals surface area contributed by atoms with Gasteiger partial charge in [-0.15, -0.1) is 0 Å². The number of hydrogen-bond donors (Lipinski definition) is 0. The highest BCUT2D eigenvalue weighted by Crippen LogP contribution is 2.46. The number of halogens is 1. The lowest BCUT2D eigenvalue weighted by atomic mass is 9.75. The number of carbonyl (C=O) groups excluding carboxylic acids is 2. The molecule has 5 aliphatic heterocycles. The summed E-state index contributed by atoms with van der Waals surface area (Å²) in [4.78, 5) is 32.0. The van der Waals surface area contributed by atoms with E-state index in [9.17, 15) is 14.0 Å². The summed E-state index contributed by atoms with van der Waals surface area (Å²) in [5.74, 6) is -0.468. The van der Waals surface area contributed by atoms with Gasteiger partial charge in [-0.25, -0.2) is 4.39 Å². The number of ether oxygens (including phenoxy) is 1. The molecule has 150 valence electrons. The standard InChI is InChI=1S/C21H26FN3O3/c22-16-3-1-14(2-4-16)17-13-25(18-15-5-7-23(8-6-15)19(17)18)21(27)20(26)24-9-11-28-12-10-24/h1-4,15,17-19H,5-13H2. The lowest BCUT2D eigenvalue weighted by Gasteiger charge is -2.51. The van der Waals surface area contributed by atoms with Gasteiger partial charge < -0.3 is 14.5 Å². The number of benzene rings is 1. The van der Waals surface area contributed by atoms with Gasteiger partial charge in [0.2, 0.25) is 0 Å². The Hall–Kier alpha value is -1.99. The Labute approximate surface area is 164 Å². The van der Waals surface area contributed by atoms with Crippen molar-refractivity contribution in [2.24, 2.45) is 5.92 Å². The predicted octanol–water partition coefficient (Wildman–Crippen LogP) is 1.07. The zero-order chi connectivity index (χ0) is 19.3. The molecule has 0 radical (unpaired) electrons. The summed E-state index contributed by atoms with van der Waals surface area (Å²) in [5.41, 5.74) is 1.05. The summed E-state index contributed by atoms with van der Waals surface area (Å²) in [6, 6.07) is 6.94. The molecule has 2 bridgehead atoms. The first-order valence-electron chi connectivity index (χ1n) is 10.3. The van der Waals surface area contributed by atoms with E-state index in [0.717, 1.165) is 31.5 Å². The molecule has 5 aliphatic rings. The van der Waals surface area contributed by atoms with Crippen LogP contribution < -0.4 is 0 Å². The zero-order valence-corrected chi connectivity index (χ0v) is 15.9. The highest BCUT2D eigenvalue weighted by atomic mass is 19.1. The van der Waals surface area contributed by atoms with Gasteiger partial charge in [0.15, 0.2) is 0 Å². The van der Waals surface area contributed by atoms with Gasteiger partial charge in [-0.05, 0) is 49.5 Å². The molecule has 1 aromatic carbocycles. The van der Waals surface area contributed by atoms with E-state index in [-0.39, 0.29) is 29.7 Å². The molecule has 3 unspecified atom stereocenters. The number of nitrogens with zero attached hydrogens (tertiary/aromatic N) is 3. The summed E-state index contributed by atoms with van der Waals surface area (Å²) in [6.07, 6.45) is 2.15. The molecule has 5 fully saturated rings. The molecule has 0 saturated carbocycles. The van der Waals surface area contributed by atoms with Crippen LogP contribution in [-0.2, 0) is 14.3 Å². The first-order chi connectivity index (χ1) is 13.6. The van der Waals surface area contributed by atoms with Crippen molar-refractivity contribution < 1.29 is 18.7 Å². The van der Waals surface area contributed by atoms with Crippen molar-refractivity contribution in [3.8, 4) is 0 Å². The van der Waals surface area contributed by atoms with Crippen LogP contribution in [0.3, 0.4) is 0 Å². The molecule has 7 heteroatoms. The summed E-state index contributed by atoms with van der Waals surface area (Å²) in [5, 5.41) is 0. The van der Waals surface area contributed by atoms with Gasteiger partial charge in [0, 0.05) is 31.6 Å². The van der Waals surface area contributed by atoms with E-state index < -0.39 is 5.91 Å². The van der Waals surface area contributed by atoms with Gasteiger partial charge in [0.1, 0.15) is 5.82 Å². The third kappa shape index (κ3) is 2.92. The fraction of sp³-hybridized carbons (Fsp3) is 0.619. The Morgan fingerprint density at radius 2 is 1.61 bits per heavy atom. The van der Waals surface area contributed by atoms with Crippen LogP contribution in [0.15, 0.2) is 24.3 Å². The summed E-state index contributed by atoms with van der Waals surface area (Å²) < 4.78 is 18.7. The molecule has 1 aromatic rings. The van der Waals surface area contributed by atoms with E-state index in [2.05, 4.69) is 4.90 Å². The molecule has 3 atom stereocenters. The predicted molar refractivity (Wildman–Crippen MR) is 100 cm³/mol. The van der Waals surface area contributed by atoms with E-state index in [1.165, 1.54) is 12.1 Å². The van der Waals surface area contributed by atoms with Crippen molar-refractivity contribution in [1.82, 2.24) is 14.7 Å². The van der Waals surface area contributed by atoms with Crippen LogP contribution in [0.4, 0.5) is 4.39 Å². The number of hydrogen-bond acceptors (Lipinski definition) is 4. The van der Waals surface area contributed by atoms with E-state index in [0.29, 0.717) is 38.8 Å². The topological polar surface area (TPSA) is 53.1 Å². The molecule has 6 nitrogen and oxygen atoms in total. The smallest absolute Gasteiger partial charge is 0.312 e. The summed E-state index contributed by atoms with van der Waals surface area (Å²) >= 11 is 0. The minimum absolute atomic E-state index is 0.0787. The van der Waals surface area contributed by atoms with Crippen molar-refractivity contribution >= 4 is 11.8 Å². The van der Waals surface area contributed by atoms with E-state index in [4.69, 9.17) is 4.74 Å². The number of likely N-dealkylation sites (tertiary alicyclic amines) is 1. The fourth-order valence-electron chi connectivity index (χ4n) is 5.68. The lowest BCUT2D eigenvalue weighted by molar-refractivity contribution is -0.156. The van der Waals surface area contributed by atoms with Crippen LogP contribution in [0.25, 0.3) is 0 Å². The minimum Gasteiger partial charge on any atom is -0.378 e. The van der Waals surface area contributed by atoms with Gasteiger partial charge in [0.05, 0.1) is 19.3 Å². The number of morpholine rings is 1. The van der Waals surface area contributed by atoms with Crippen LogP contribution in [0.2, 0.25) is 0 Å². The van der Waals surface area contributed by atoms with Crippen molar-refractivity contribution in [3.05, 3.63) is 35.6 Å². The molecule has 5 heterocycles. The molecule has 28 heavy (non-hydrogen) atoms. The molecule has 6 rings (SSSR count). The van der Waals surface area contributed by atoms with Gasteiger partial charge >= 0.3 is 11.8 Å². The molecular weight excluding hydrogens is 361 g/mol. The number of amides is 2. The maximum Gasteiger partial charge on any atom is 0.312 e. The van der Waals surface area contributed by atoms with Crippen molar-refractivity contribution in [1.29, 1.82) is 0 Å². The lowest BCUT2D eigenvalue weighted by Crippen LogP contribution is -2.62. The maximum atomic E-state index is 13.4. The second kappa shape index (κ2) is 7.12. The molecule has 2 amide bonds. The van der Waals surface area contributed by atoms with Gasteiger partial charge in [-0.3, -0.25) is 14.5 Å². The first-order valence-corrected chi connectivity index (χ1v) is 10.3. The highest BCUT2D eigenvalue weighted by molar-refractivity contribution is 6.35. The third-order valence-corrected chi connectivity index (χ3v) is 7.03. The Morgan fingerprint density at radius 3 is 2.29 bits per heavy atom. The third-order valence-electron chi connectivity index (χ3n) is 7.03. The number of piperidine rings is 3. The van der Waals surface area contributed by atoms with Crippen molar-refractivity contribution in [2.45, 2.75) is 30.8 Å². The second-order valence-corrected chi connectivity index (χ2v) is 8.37. The quantitative estimate of drug-likeness (QED) is 0.677. The zero-order valence-electron chi connectivity index (χ0n) is 15.9. The van der Waals surface area contributed by atoms with E-state index >= 15 is 0 Å². The Balaban J connectivity index is 1.44. The summed E-state index contributed by atoms with van der Waals surface area (Å²) in [6.45, 7) is 4.54. The van der Waals surface area contributed by atoms with Crippen LogP contribution >= 0.6 is 0 Å². The van der Waals surface area contributed by atoms with Crippen molar-refractivity contribution in [3.63, 3.8) is 0 Å².